The summed E-state index contributed by atoms with van der Waals surface area (Å²) in [6, 6.07) is 12.9. The number of nitrogens with zero attached hydrogens (tertiary/aromatic N) is 3. The number of benzene rings is 1. The Morgan fingerprint density at radius 2 is 2.05 bits per heavy atom. The molecule has 1 aromatic carbocycles. The molecule has 3 rings (SSSR count). The molecule has 0 atom stereocenters. The van der Waals surface area contributed by atoms with Crippen molar-refractivity contribution < 1.29 is 0 Å². The Balaban J connectivity index is 2.00. The van der Waals surface area contributed by atoms with Crippen molar-refractivity contribution in [2.24, 2.45) is 0 Å². The highest BCUT2D eigenvalue weighted by molar-refractivity contribution is 5.82. The van der Waals surface area contributed by atoms with Gasteiger partial charge in [0.25, 0.3) is 0 Å². The van der Waals surface area contributed by atoms with Crippen LogP contribution in [0.1, 0.15) is 5.56 Å². The van der Waals surface area contributed by atoms with Gasteiger partial charge in [-0.3, -0.25) is 4.98 Å². The summed E-state index contributed by atoms with van der Waals surface area (Å²) in [6.45, 7) is 1.07. The van der Waals surface area contributed by atoms with Gasteiger partial charge in [-0.25, -0.2) is 0 Å². The van der Waals surface area contributed by atoms with Crippen molar-refractivity contribution in [3.05, 3.63) is 60.6 Å². The molecule has 2 aromatic heterocycles. The Morgan fingerprint density at radius 1 is 1.15 bits per heavy atom. The highest BCUT2D eigenvalue weighted by Crippen LogP contribution is 2.21. The van der Waals surface area contributed by atoms with Gasteiger partial charge in [0.1, 0.15) is 0 Å². The lowest BCUT2D eigenvalue weighted by Gasteiger charge is -2.10. The fourth-order valence-corrected chi connectivity index (χ4v) is 2.40. The molecule has 0 N–H and O–H groups in total. The Morgan fingerprint density at radius 3 is 2.80 bits per heavy atom. The van der Waals surface area contributed by atoms with E-state index in [1.807, 2.05) is 12.3 Å². The van der Waals surface area contributed by atoms with E-state index in [1.54, 1.807) is 6.20 Å². The molecule has 0 spiro atoms. The first-order valence-corrected chi connectivity index (χ1v) is 6.89. The molecular weight excluding hydrogens is 246 g/mol. The van der Waals surface area contributed by atoms with Crippen LogP contribution in [0.4, 0.5) is 0 Å². The van der Waals surface area contributed by atoms with Gasteiger partial charge in [-0.2, -0.15) is 0 Å². The molecule has 0 saturated heterocycles. The highest BCUT2D eigenvalue weighted by atomic mass is 15.0. The lowest BCUT2D eigenvalue weighted by atomic mass is 10.1. The van der Waals surface area contributed by atoms with Gasteiger partial charge in [0.05, 0.1) is 17.4 Å². The van der Waals surface area contributed by atoms with Crippen molar-refractivity contribution in [2.45, 2.75) is 6.42 Å². The van der Waals surface area contributed by atoms with Gasteiger partial charge in [0, 0.05) is 18.9 Å². The van der Waals surface area contributed by atoms with Crippen LogP contribution in [0.3, 0.4) is 0 Å². The van der Waals surface area contributed by atoms with Crippen LogP contribution in [0.15, 0.2) is 55.0 Å². The minimum absolute atomic E-state index is 1.07. The third-order valence-corrected chi connectivity index (χ3v) is 3.53. The molecule has 0 saturated carbocycles. The van der Waals surface area contributed by atoms with Gasteiger partial charge < -0.3 is 9.47 Å². The molecule has 3 heteroatoms. The molecule has 102 valence electrons. The molecule has 0 amide bonds. The summed E-state index contributed by atoms with van der Waals surface area (Å²) in [5, 5.41) is 1.27. The summed E-state index contributed by atoms with van der Waals surface area (Å²) in [4.78, 5) is 6.41. The van der Waals surface area contributed by atoms with Crippen LogP contribution in [-0.4, -0.2) is 35.1 Å². The number of likely N-dealkylation sites (N-methyl/N-ethyl adjacent to an activating group) is 1. The normalized spacial score (nSPS) is 11.3. The second-order valence-corrected chi connectivity index (χ2v) is 5.34. The second-order valence-electron chi connectivity index (χ2n) is 5.34. The largest absolute Gasteiger partial charge is 0.315 e. The topological polar surface area (TPSA) is 21.1 Å². The van der Waals surface area contributed by atoms with Crippen molar-refractivity contribution in [3.63, 3.8) is 0 Å². The number of pyridine rings is 1. The molecule has 0 aliphatic rings. The molecule has 0 radical (unpaired) electrons. The van der Waals surface area contributed by atoms with E-state index in [1.165, 1.54) is 16.5 Å². The van der Waals surface area contributed by atoms with Gasteiger partial charge in [0.2, 0.25) is 0 Å². The molecule has 2 heterocycles. The van der Waals surface area contributed by atoms with Crippen LogP contribution in [0.2, 0.25) is 0 Å². The van der Waals surface area contributed by atoms with Gasteiger partial charge in [-0.05, 0) is 55.7 Å². The lowest BCUT2D eigenvalue weighted by Crippen LogP contribution is -2.15. The van der Waals surface area contributed by atoms with E-state index < -0.39 is 0 Å². The molecule has 0 aliphatic carbocycles. The van der Waals surface area contributed by atoms with E-state index >= 15 is 0 Å². The number of hydrogen-bond acceptors (Lipinski definition) is 2. The fraction of sp³-hybridized carbons (Fsp3) is 0.235. The zero-order valence-corrected chi connectivity index (χ0v) is 12.0. The minimum atomic E-state index is 1.07. The quantitative estimate of drug-likeness (QED) is 0.722. The molecule has 0 unspecified atom stereocenters. The summed E-state index contributed by atoms with van der Waals surface area (Å²) in [5.41, 5.74) is 3.72. The van der Waals surface area contributed by atoms with E-state index in [9.17, 15) is 0 Å². The van der Waals surface area contributed by atoms with E-state index in [0.717, 1.165) is 18.7 Å². The highest BCUT2D eigenvalue weighted by Gasteiger charge is 2.04. The van der Waals surface area contributed by atoms with Gasteiger partial charge in [-0.15, -0.1) is 0 Å². The van der Waals surface area contributed by atoms with Crippen LogP contribution in [-0.2, 0) is 6.42 Å². The lowest BCUT2D eigenvalue weighted by molar-refractivity contribution is 0.414. The maximum Gasteiger partial charge on any atom is 0.0639 e. The van der Waals surface area contributed by atoms with Crippen LogP contribution >= 0.6 is 0 Å². The third-order valence-electron chi connectivity index (χ3n) is 3.53. The van der Waals surface area contributed by atoms with Crippen LogP contribution in [0.5, 0.6) is 0 Å². The maximum atomic E-state index is 4.20. The van der Waals surface area contributed by atoms with Crippen molar-refractivity contribution in [1.29, 1.82) is 0 Å². The van der Waals surface area contributed by atoms with Crippen LogP contribution in [0, 0.1) is 0 Å². The molecule has 3 aromatic rings. The molecule has 20 heavy (non-hydrogen) atoms. The molecular formula is C17H19N3. The first-order chi connectivity index (χ1) is 9.74. The summed E-state index contributed by atoms with van der Waals surface area (Å²) in [6.07, 6.45) is 6.88. The van der Waals surface area contributed by atoms with E-state index in [4.69, 9.17) is 0 Å². The first kappa shape index (κ1) is 12.9. The van der Waals surface area contributed by atoms with Crippen LogP contribution < -0.4 is 0 Å². The number of hydrogen-bond donors (Lipinski definition) is 0. The monoisotopic (exact) mass is 265 g/mol. The summed E-state index contributed by atoms with van der Waals surface area (Å²) in [7, 11) is 4.22. The second kappa shape index (κ2) is 5.47. The average Bonchev–Trinajstić information content (AvgIpc) is 2.89. The van der Waals surface area contributed by atoms with Gasteiger partial charge >= 0.3 is 0 Å². The minimum Gasteiger partial charge on any atom is -0.315 e. The van der Waals surface area contributed by atoms with Crippen molar-refractivity contribution in [3.8, 4) is 5.69 Å². The Hall–Kier alpha value is -2.13. The predicted molar refractivity (Wildman–Crippen MR) is 83.3 cm³/mol. The number of aromatic nitrogens is 2. The summed E-state index contributed by atoms with van der Waals surface area (Å²) < 4.78 is 2.20. The summed E-state index contributed by atoms with van der Waals surface area (Å²) in [5.74, 6) is 0. The van der Waals surface area contributed by atoms with Gasteiger partial charge in [0.15, 0.2) is 0 Å². The van der Waals surface area contributed by atoms with Crippen LogP contribution in [0.25, 0.3) is 16.6 Å². The Bertz CT molecular complexity index is 699. The number of fused-ring (bicyclic) bond motifs is 1. The zero-order valence-electron chi connectivity index (χ0n) is 12.0. The van der Waals surface area contributed by atoms with E-state index in [-0.39, 0.29) is 0 Å². The van der Waals surface area contributed by atoms with Crippen molar-refractivity contribution >= 4 is 10.9 Å². The predicted octanol–water partition coefficient (Wildman–Crippen LogP) is 3.13. The van der Waals surface area contributed by atoms with E-state index in [0.29, 0.717) is 0 Å². The molecule has 0 bridgehead atoms. The zero-order chi connectivity index (χ0) is 13.9. The smallest absolute Gasteiger partial charge is 0.0639 e. The van der Waals surface area contributed by atoms with Crippen molar-refractivity contribution in [2.75, 3.05) is 20.6 Å². The fourth-order valence-electron chi connectivity index (χ4n) is 2.40. The standard InChI is InChI=1S/C17H19N3/c1-19(2)10-7-14-5-6-15-8-11-20(17(15)12-14)16-4-3-9-18-13-16/h3-6,8-9,11-13H,7,10H2,1-2H3. The summed E-state index contributed by atoms with van der Waals surface area (Å²) >= 11 is 0. The maximum absolute atomic E-state index is 4.20. The van der Waals surface area contributed by atoms with Gasteiger partial charge in [-0.1, -0.05) is 12.1 Å². The third kappa shape index (κ3) is 2.58. The Kier molecular flexibility index (Phi) is 3.52. The van der Waals surface area contributed by atoms with Crippen molar-refractivity contribution in [1.82, 2.24) is 14.5 Å². The average molecular weight is 265 g/mol. The molecule has 0 fully saturated rings. The molecule has 0 aliphatic heterocycles. The van der Waals surface area contributed by atoms with E-state index in [2.05, 4.69) is 65.1 Å². The number of rotatable bonds is 4. The first-order valence-electron chi connectivity index (χ1n) is 6.89. The molecule has 3 nitrogen and oxygen atoms in total. The Labute approximate surface area is 119 Å². The SMILES string of the molecule is CN(C)CCc1ccc2ccn(-c3cccnc3)c2c1.